The van der Waals surface area contributed by atoms with E-state index >= 15 is 0 Å². The van der Waals surface area contributed by atoms with Gasteiger partial charge in [-0.2, -0.15) is 61.3 Å². The summed E-state index contributed by atoms with van der Waals surface area (Å²) in [7, 11) is -31.1. The molecule has 2 aliphatic carbocycles. The second-order valence-corrected chi connectivity index (χ2v) is 20.6. The predicted octanol–water partition coefficient (Wildman–Crippen LogP) is 5.35. The first-order valence-electron chi connectivity index (χ1n) is 15.3. The topological polar surface area (TPSA) is 157 Å². The molecule has 2 saturated heterocycles. The first-order chi connectivity index (χ1) is 22.9. The molecule has 0 aromatic rings. The van der Waals surface area contributed by atoms with E-state index < -0.39 is 111 Å². The Morgan fingerprint density at radius 1 is 0.412 bits per heavy atom. The van der Waals surface area contributed by atoms with Crippen LogP contribution in [0.4, 0.5) is 52.7 Å². The van der Waals surface area contributed by atoms with E-state index in [0.717, 1.165) is 0 Å². The normalized spacial score (nSPS) is 27.8. The molecule has 4 rings (SSSR count). The van der Waals surface area contributed by atoms with Crippen LogP contribution in [0.25, 0.3) is 4.13 Å². The van der Waals surface area contributed by atoms with Gasteiger partial charge in [0.1, 0.15) is 0 Å². The summed E-state index contributed by atoms with van der Waals surface area (Å²) in [5.74, 6) is -17.5. The van der Waals surface area contributed by atoms with Gasteiger partial charge in [-0.1, -0.05) is 38.5 Å². The quantitative estimate of drug-likeness (QED) is 0.238. The summed E-state index contributed by atoms with van der Waals surface area (Å²) in [6.45, 7) is -3.70. The average Bonchev–Trinajstić information content (AvgIpc) is 3.03. The summed E-state index contributed by atoms with van der Waals surface area (Å²) >= 11 is 0. The van der Waals surface area contributed by atoms with Gasteiger partial charge in [0.25, 0.3) is 20.0 Å². The zero-order chi connectivity index (χ0) is 39.1. The Kier molecular flexibility index (Phi) is 11.1. The molecular formula is C24H32F12N3O8S4-. The molecule has 2 heterocycles. The van der Waals surface area contributed by atoms with Crippen LogP contribution in [0, 0.1) is 23.7 Å². The van der Waals surface area contributed by atoms with E-state index in [1.54, 1.807) is 0 Å². The van der Waals surface area contributed by atoms with Crippen molar-refractivity contribution < 1.29 is 86.4 Å². The van der Waals surface area contributed by atoms with Crippen molar-refractivity contribution in [1.29, 1.82) is 0 Å². The molecule has 4 aliphatic rings. The molecule has 4 fully saturated rings. The molecule has 11 nitrogen and oxygen atoms in total. The molecule has 27 heteroatoms. The smallest absolute Gasteiger partial charge is 0.425 e. The lowest BCUT2D eigenvalue weighted by atomic mass is 9.76. The van der Waals surface area contributed by atoms with Crippen LogP contribution in [0.1, 0.15) is 64.2 Å². The van der Waals surface area contributed by atoms with Crippen LogP contribution in [-0.4, -0.2) is 101 Å². The number of sulfonamides is 4. The van der Waals surface area contributed by atoms with Gasteiger partial charge >= 0.3 is 32.9 Å². The molecular weight excluding hydrogens is 815 g/mol. The Morgan fingerprint density at radius 3 is 0.980 bits per heavy atom. The molecule has 0 amide bonds. The van der Waals surface area contributed by atoms with E-state index in [1.165, 1.54) is 0 Å². The summed E-state index contributed by atoms with van der Waals surface area (Å²) in [6.07, 6.45) is 3.16. The molecule has 4 atom stereocenters. The van der Waals surface area contributed by atoms with Gasteiger partial charge in [-0.3, -0.25) is 0 Å². The minimum Gasteiger partial charge on any atom is -0.425 e. The summed E-state index contributed by atoms with van der Waals surface area (Å²) in [6, 6.07) is 0. The van der Waals surface area contributed by atoms with Crippen molar-refractivity contribution in [3.8, 4) is 0 Å². The number of rotatable bonds is 12. The van der Waals surface area contributed by atoms with Gasteiger partial charge in [0.2, 0.25) is 0 Å². The van der Waals surface area contributed by atoms with E-state index in [4.69, 9.17) is 0 Å². The van der Waals surface area contributed by atoms with Crippen LogP contribution in [0.2, 0.25) is 0 Å². The minimum atomic E-state index is -8.55. The Morgan fingerprint density at radius 2 is 0.686 bits per heavy atom. The molecule has 0 N–H and O–H groups in total. The van der Waals surface area contributed by atoms with Gasteiger partial charge in [0, 0.05) is 26.2 Å². The highest BCUT2D eigenvalue weighted by Crippen LogP contribution is 2.57. The number of halogens is 12. The van der Waals surface area contributed by atoms with E-state index in [-0.39, 0.29) is 46.1 Å². The lowest BCUT2D eigenvalue weighted by Gasteiger charge is -2.43. The zero-order valence-electron chi connectivity index (χ0n) is 26.0. The summed E-state index contributed by atoms with van der Waals surface area (Å²) in [5.41, 5.74) is 0. The first kappa shape index (κ1) is 42.6. The lowest BCUT2D eigenvalue weighted by Crippen LogP contribution is -2.65. The van der Waals surface area contributed by atoms with Crippen LogP contribution < -0.4 is 0 Å². The number of hydrogen-bond acceptors (Lipinski definition) is 8. The number of piperidine rings is 2. The van der Waals surface area contributed by atoms with Crippen molar-refractivity contribution in [3.05, 3.63) is 4.13 Å². The largest absolute Gasteiger partial charge is 0.428 e. The van der Waals surface area contributed by atoms with Gasteiger partial charge < -0.3 is 4.13 Å². The van der Waals surface area contributed by atoms with Crippen LogP contribution in [0.15, 0.2) is 0 Å². The van der Waals surface area contributed by atoms with Crippen molar-refractivity contribution in [3.63, 3.8) is 0 Å². The summed E-state index contributed by atoms with van der Waals surface area (Å²) < 4.78 is 276. The number of hydrogen-bond donors (Lipinski definition) is 0. The molecule has 300 valence electrons. The molecule has 2 aliphatic heterocycles. The van der Waals surface area contributed by atoms with Gasteiger partial charge in [-0.15, -0.1) is 0 Å². The molecule has 0 bridgehead atoms. The standard InChI is InChI=1S/C24H32F12N3O8S4/c25-19(26,23(33,34)50(44,45)38-11-9-15-5-1-3-7-17(15)13-38)21(29,30)48(40,41)37-49(42,43)22(31,32)20(27,28)24(35,36)51(46,47)39-12-10-16-6-2-4-8-18(16)14-39/h15-18H,1-14H2/q-1. The maximum atomic E-state index is 14.9. The fraction of sp³-hybridized carbons (Fsp3) is 1.00. The SMILES string of the molecule is O=S(=O)([N-]S(=O)(=O)C(F)(F)C(F)(F)C(F)(F)S(=O)(=O)N1CCC2CCCCC2C1)C(F)(F)C(F)(F)C(F)(F)S(=O)(=O)N1CCC2CCCCC2C1. The zero-order valence-corrected chi connectivity index (χ0v) is 29.3. The highest BCUT2D eigenvalue weighted by Gasteiger charge is 2.83. The Hall–Kier alpha value is -1.16. The van der Waals surface area contributed by atoms with E-state index in [9.17, 15) is 86.4 Å². The first-order valence-corrected chi connectivity index (χ1v) is 21.1. The average molecular weight is 847 g/mol. The highest BCUT2D eigenvalue weighted by atomic mass is 32.3. The number of alkyl halides is 12. The minimum absolute atomic E-state index is 0.206. The summed E-state index contributed by atoms with van der Waals surface area (Å²) in [5, 5.41) is -30.0. The van der Waals surface area contributed by atoms with Crippen molar-refractivity contribution in [2.24, 2.45) is 23.7 Å². The van der Waals surface area contributed by atoms with Gasteiger partial charge in [0.05, 0.1) is 0 Å². The van der Waals surface area contributed by atoms with Crippen LogP contribution >= 0.6 is 0 Å². The fourth-order valence-electron chi connectivity index (χ4n) is 7.11. The molecule has 51 heavy (non-hydrogen) atoms. The fourth-order valence-corrected chi connectivity index (χ4v) is 12.9. The molecule has 0 aromatic carbocycles. The molecule has 2 saturated carbocycles. The van der Waals surface area contributed by atoms with Gasteiger partial charge in [-0.05, 0) is 49.4 Å². The predicted molar refractivity (Wildman–Crippen MR) is 152 cm³/mol. The molecule has 0 radical (unpaired) electrons. The molecule has 4 unspecified atom stereocenters. The molecule has 0 spiro atoms. The van der Waals surface area contributed by atoms with E-state index in [0.29, 0.717) is 42.7 Å². The van der Waals surface area contributed by atoms with Crippen molar-refractivity contribution in [2.75, 3.05) is 26.2 Å². The molecule has 0 aromatic heterocycles. The third kappa shape index (κ3) is 6.46. The third-order valence-corrected chi connectivity index (χ3v) is 17.4. The van der Waals surface area contributed by atoms with Crippen LogP contribution in [0.3, 0.4) is 0 Å². The second kappa shape index (κ2) is 13.3. The maximum Gasteiger partial charge on any atom is 0.428 e. The van der Waals surface area contributed by atoms with Crippen LogP contribution in [0.5, 0.6) is 0 Å². The Bertz CT molecular complexity index is 1650. The van der Waals surface area contributed by atoms with Gasteiger partial charge in [0.15, 0.2) is 20.0 Å². The van der Waals surface area contributed by atoms with E-state index in [2.05, 4.69) is 0 Å². The Balaban J connectivity index is 1.61. The monoisotopic (exact) mass is 846 g/mol. The maximum absolute atomic E-state index is 14.9. The second-order valence-electron chi connectivity index (χ2n) is 13.2. The summed E-state index contributed by atoms with van der Waals surface area (Å²) in [4.78, 5) is 0. The van der Waals surface area contributed by atoms with Crippen molar-refractivity contribution in [1.82, 2.24) is 8.61 Å². The third-order valence-electron chi connectivity index (χ3n) is 10.1. The highest BCUT2D eigenvalue weighted by molar-refractivity contribution is 8.13. The van der Waals surface area contributed by atoms with Crippen molar-refractivity contribution in [2.45, 2.75) is 97.1 Å². The number of nitrogens with zero attached hydrogens (tertiary/aromatic N) is 3. The lowest BCUT2D eigenvalue weighted by molar-refractivity contribution is -0.245. The van der Waals surface area contributed by atoms with Crippen molar-refractivity contribution >= 4 is 40.1 Å². The number of fused-ring (bicyclic) bond motifs is 2. The van der Waals surface area contributed by atoms with Crippen LogP contribution in [-0.2, 0) is 40.1 Å². The van der Waals surface area contributed by atoms with Gasteiger partial charge in [-0.25, -0.2) is 33.7 Å². The Labute approximate surface area is 285 Å². The van der Waals surface area contributed by atoms with E-state index in [1.807, 2.05) is 0 Å².